The van der Waals surface area contributed by atoms with Crippen molar-refractivity contribution in [3.8, 4) is 11.5 Å². The molecular weight excluding hydrogens is 332 g/mol. The molecule has 6 heteroatoms. The first-order chi connectivity index (χ1) is 12.5. The number of amides is 1. The summed E-state index contributed by atoms with van der Waals surface area (Å²) >= 11 is 0. The van der Waals surface area contributed by atoms with E-state index in [-0.39, 0.29) is 5.91 Å². The van der Waals surface area contributed by atoms with Gasteiger partial charge in [0.1, 0.15) is 17.2 Å². The molecule has 0 aliphatic rings. The summed E-state index contributed by atoms with van der Waals surface area (Å²) in [5.74, 6) is 1.69. The van der Waals surface area contributed by atoms with E-state index in [2.05, 4.69) is 19.2 Å². The van der Waals surface area contributed by atoms with Gasteiger partial charge in [0.2, 0.25) is 0 Å². The third-order valence-electron chi connectivity index (χ3n) is 4.18. The zero-order valence-corrected chi connectivity index (χ0v) is 15.5. The number of ether oxygens (including phenoxy) is 2. The van der Waals surface area contributed by atoms with Gasteiger partial charge in [0, 0.05) is 31.3 Å². The van der Waals surface area contributed by atoms with Crippen LogP contribution in [0.15, 0.2) is 41.0 Å². The topological polar surface area (TPSA) is 65.6 Å². The van der Waals surface area contributed by atoms with Crippen molar-refractivity contribution < 1.29 is 18.7 Å². The third-order valence-corrected chi connectivity index (χ3v) is 4.18. The van der Waals surface area contributed by atoms with Crippen LogP contribution < -0.4 is 14.8 Å². The van der Waals surface area contributed by atoms with Crippen LogP contribution in [0.5, 0.6) is 11.5 Å². The van der Waals surface area contributed by atoms with Crippen LogP contribution in [-0.2, 0) is 6.54 Å². The normalized spacial score (nSPS) is 11.1. The SMILES string of the molecule is COc1cc(Cn2c(C(=O)NCC(C)C)cc3occc32)cc(OC)c1. The van der Waals surface area contributed by atoms with Crippen molar-refractivity contribution in [2.45, 2.75) is 20.4 Å². The summed E-state index contributed by atoms with van der Waals surface area (Å²) in [5, 5.41) is 2.97. The molecule has 0 spiro atoms. The maximum Gasteiger partial charge on any atom is 0.268 e. The molecule has 2 heterocycles. The fourth-order valence-corrected chi connectivity index (χ4v) is 2.86. The highest BCUT2D eigenvalue weighted by molar-refractivity contribution is 5.97. The number of nitrogens with one attached hydrogen (secondary N) is 1. The largest absolute Gasteiger partial charge is 0.497 e. The Morgan fingerprint density at radius 1 is 1.15 bits per heavy atom. The molecule has 0 radical (unpaired) electrons. The van der Waals surface area contributed by atoms with Gasteiger partial charge in [-0.25, -0.2) is 0 Å². The Morgan fingerprint density at radius 3 is 2.46 bits per heavy atom. The molecule has 0 saturated heterocycles. The molecule has 0 unspecified atom stereocenters. The second-order valence-corrected chi connectivity index (χ2v) is 6.61. The van der Waals surface area contributed by atoms with Crippen molar-refractivity contribution in [3.05, 3.63) is 47.9 Å². The standard InChI is InChI=1S/C20H24N2O4/c1-13(2)11-21-20(23)18-10-19-17(5-6-26-19)22(18)12-14-7-15(24-3)9-16(8-14)25-4/h5-10,13H,11-12H2,1-4H3,(H,21,23). The minimum absolute atomic E-state index is 0.111. The number of nitrogens with zero attached hydrogens (tertiary/aromatic N) is 1. The van der Waals surface area contributed by atoms with Gasteiger partial charge in [0.05, 0.1) is 26.0 Å². The molecule has 3 rings (SSSR count). The minimum atomic E-state index is -0.111. The zero-order chi connectivity index (χ0) is 18.7. The molecule has 138 valence electrons. The number of hydrogen-bond acceptors (Lipinski definition) is 4. The van der Waals surface area contributed by atoms with Crippen molar-refractivity contribution in [2.24, 2.45) is 5.92 Å². The monoisotopic (exact) mass is 356 g/mol. The molecule has 1 N–H and O–H groups in total. The summed E-state index contributed by atoms with van der Waals surface area (Å²) in [4.78, 5) is 12.7. The highest BCUT2D eigenvalue weighted by atomic mass is 16.5. The highest BCUT2D eigenvalue weighted by Crippen LogP contribution is 2.26. The van der Waals surface area contributed by atoms with Crippen LogP contribution in [0.3, 0.4) is 0 Å². The highest BCUT2D eigenvalue weighted by Gasteiger charge is 2.18. The van der Waals surface area contributed by atoms with Crippen LogP contribution in [0, 0.1) is 5.92 Å². The summed E-state index contributed by atoms with van der Waals surface area (Å²) in [6.07, 6.45) is 1.63. The van der Waals surface area contributed by atoms with E-state index in [1.54, 1.807) is 26.5 Å². The van der Waals surface area contributed by atoms with Crippen LogP contribution in [0.4, 0.5) is 0 Å². The van der Waals surface area contributed by atoms with Gasteiger partial charge >= 0.3 is 0 Å². The average Bonchev–Trinajstić information content (AvgIpc) is 3.22. The third kappa shape index (κ3) is 3.69. The fourth-order valence-electron chi connectivity index (χ4n) is 2.86. The summed E-state index contributed by atoms with van der Waals surface area (Å²) in [5.41, 5.74) is 3.11. The predicted octanol–water partition coefficient (Wildman–Crippen LogP) is 3.69. The minimum Gasteiger partial charge on any atom is -0.497 e. The molecule has 1 amide bonds. The van der Waals surface area contributed by atoms with Crippen molar-refractivity contribution >= 4 is 17.0 Å². The molecule has 2 aromatic heterocycles. The zero-order valence-electron chi connectivity index (χ0n) is 15.5. The van der Waals surface area contributed by atoms with E-state index < -0.39 is 0 Å². The van der Waals surface area contributed by atoms with E-state index in [0.717, 1.165) is 11.1 Å². The molecule has 3 aromatic rings. The lowest BCUT2D eigenvalue weighted by Gasteiger charge is -2.13. The quantitative estimate of drug-likeness (QED) is 0.701. The number of methoxy groups -OCH3 is 2. The Bertz CT molecular complexity index is 886. The van der Waals surface area contributed by atoms with Gasteiger partial charge in [0.25, 0.3) is 5.91 Å². The molecule has 0 aliphatic heterocycles. The van der Waals surface area contributed by atoms with Gasteiger partial charge in [0.15, 0.2) is 5.58 Å². The Balaban J connectivity index is 1.97. The maximum atomic E-state index is 12.7. The first-order valence-electron chi connectivity index (χ1n) is 8.58. The number of furan rings is 1. The van der Waals surface area contributed by atoms with Crippen LogP contribution in [0.1, 0.15) is 29.9 Å². The Kier molecular flexibility index (Phi) is 5.21. The van der Waals surface area contributed by atoms with Crippen molar-refractivity contribution in [2.75, 3.05) is 20.8 Å². The first kappa shape index (κ1) is 17.9. The van der Waals surface area contributed by atoms with Gasteiger partial charge < -0.3 is 23.8 Å². The van der Waals surface area contributed by atoms with Gasteiger partial charge in [-0.15, -0.1) is 0 Å². The van der Waals surface area contributed by atoms with Crippen LogP contribution in [-0.4, -0.2) is 31.2 Å². The lowest BCUT2D eigenvalue weighted by molar-refractivity contribution is 0.0940. The molecule has 0 bridgehead atoms. The van der Waals surface area contributed by atoms with E-state index in [4.69, 9.17) is 13.9 Å². The molecule has 26 heavy (non-hydrogen) atoms. The molecule has 0 atom stereocenters. The van der Waals surface area contributed by atoms with Crippen molar-refractivity contribution in [1.82, 2.24) is 9.88 Å². The number of benzene rings is 1. The van der Waals surface area contributed by atoms with Crippen LogP contribution in [0.25, 0.3) is 11.1 Å². The number of carbonyl (C=O) groups is 1. The van der Waals surface area contributed by atoms with E-state index in [1.807, 2.05) is 28.8 Å². The van der Waals surface area contributed by atoms with Crippen molar-refractivity contribution in [3.63, 3.8) is 0 Å². The molecule has 6 nitrogen and oxygen atoms in total. The average molecular weight is 356 g/mol. The molecule has 0 saturated carbocycles. The molecule has 0 aliphatic carbocycles. The van der Waals surface area contributed by atoms with E-state index in [0.29, 0.717) is 41.8 Å². The van der Waals surface area contributed by atoms with Gasteiger partial charge in [-0.3, -0.25) is 4.79 Å². The summed E-state index contributed by atoms with van der Waals surface area (Å²) in [6, 6.07) is 9.34. The second kappa shape index (κ2) is 7.56. The van der Waals surface area contributed by atoms with Crippen LogP contribution >= 0.6 is 0 Å². The number of fused-ring (bicyclic) bond motifs is 1. The Hall–Kier alpha value is -2.89. The Morgan fingerprint density at radius 2 is 1.85 bits per heavy atom. The summed E-state index contributed by atoms with van der Waals surface area (Å²) in [7, 11) is 3.24. The molecule has 0 fully saturated rings. The summed E-state index contributed by atoms with van der Waals surface area (Å²) < 4.78 is 18.1. The lowest BCUT2D eigenvalue weighted by atomic mass is 10.2. The van der Waals surface area contributed by atoms with Crippen molar-refractivity contribution in [1.29, 1.82) is 0 Å². The first-order valence-corrected chi connectivity index (χ1v) is 8.58. The molecular formula is C20H24N2O4. The van der Waals surface area contributed by atoms with E-state index in [9.17, 15) is 4.79 Å². The number of aromatic nitrogens is 1. The number of hydrogen-bond donors (Lipinski definition) is 1. The fraction of sp³-hybridized carbons (Fsp3) is 0.350. The molecule has 1 aromatic carbocycles. The summed E-state index contributed by atoms with van der Waals surface area (Å²) in [6.45, 7) is 5.25. The smallest absolute Gasteiger partial charge is 0.268 e. The van der Waals surface area contributed by atoms with Gasteiger partial charge in [-0.05, 0) is 23.6 Å². The van der Waals surface area contributed by atoms with Crippen LogP contribution in [0.2, 0.25) is 0 Å². The van der Waals surface area contributed by atoms with E-state index in [1.165, 1.54) is 0 Å². The van der Waals surface area contributed by atoms with Gasteiger partial charge in [-0.1, -0.05) is 13.8 Å². The number of carbonyl (C=O) groups excluding carboxylic acids is 1. The Labute approximate surface area is 152 Å². The number of rotatable bonds is 7. The maximum absolute atomic E-state index is 12.7. The predicted molar refractivity (Wildman–Crippen MR) is 100 cm³/mol. The second-order valence-electron chi connectivity index (χ2n) is 6.61. The lowest BCUT2D eigenvalue weighted by Crippen LogP contribution is -2.29. The van der Waals surface area contributed by atoms with E-state index >= 15 is 0 Å². The van der Waals surface area contributed by atoms with Gasteiger partial charge in [-0.2, -0.15) is 0 Å².